The van der Waals surface area contributed by atoms with Crippen LogP contribution in [-0.2, 0) is 27.5 Å². The van der Waals surface area contributed by atoms with E-state index in [9.17, 15) is 27.0 Å². The smallest absolute Gasteiger partial charge is 0.416 e. The quantitative estimate of drug-likeness (QED) is 0.734. The third-order valence-corrected chi connectivity index (χ3v) is 5.74. The molecule has 0 radical (unpaired) electrons. The van der Waals surface area contributed by atoms with Gasteiger partial charge in [-0.05, 0) is 23.8 Å². The molecule has 2 aromatic rings. The summed E-state index contributed by atoms with van der Waals surface area (Å²) >= 11 is 0. The molecule has 0 N–H and O–H groups in total. The first kappa shape index (κ1) is 21.1. The lowest BCUT2D eigenvalue weighted by Gasteiger charge is -2.34. The summed E-state index contributed by atoms with van der Waals surface area (Å²) in [5.74, 6) is -0.780. The van der Waals surface area contributed by atoms with Crippen molar-refractivity contribution < 1.29 is 31.4 Å². The van der Waals surface area contributed by atoms with Gasteiger partial charge in [0.25, 0.3) is 5.91 Å². The van der Waals surface area contributed by atoms with Gasteiger partial charge in [0.15, 0.2) is 5.76 Å². The van der Waals surface area contributed by atoms with E-state index in [-0.39, 0.29) is 34.6 Å². The number of hydrogen-bond acceptors (Lipinski definition) is 4. The van der Waals surface area contributed by atoms with Gasteiger partial charge >= 0.3 is 6.18 Å². The Bertz CT molecular complexity index is 891. The van der Waals surface area contributed by atoms with Gasteiger partial charge in [0.2, 0.25) is 5.91 Å². The van der Waals surface area contributed by atoms with E-state index in [0.29, 0.717) is 26.2 Å². The number of amides is 2. The van der Waals surface area contributed by atoms with Crippen molar-refractivity contribution in [1.29, 1.82) is 0 Å². The Morgan fingerprint density at radius 2 is 1.72 bits per heavy atom. The van der Waals surface area contributed by atoms with Crippen LogP contribution in [0.15, 0.2) is 47.1 Å². The molecule has 10 heteroatoms. The van der Waals surface area contributed by atoms with Crippen LogP contribution in [0.2, 0.25) is 0 Å². The molecule has 1 aromatic carbocycles. The fourth-order valence-electron chi connectivity index (χ4n) is 3.02. The summed E-state index contributed by atoms with van der Waals surface area (Å²) in [5.41, 5.74) is -0.546. The summed E-state index contributed by atoms with van der Waals surface area (Å²) in [7, 11) is -1.63. The minimum absolute atomic E-state index is 0.132. The van der Waals surface area contributed by atoms with Gasteiger partial charge in [0.05, 0.1) is 11.8 Å². The fourth-order valence-corrected chi connectivity index (χ4v) is 4.13. The number of hydrogen-bond donors (Lipinski definition) is 0. The monoisotopic (exact) mass is 428 g/mol. The van der Waals surface area contributed by atoms with Gasteiger partial charge in [-0.2, -0.15) is 13.2 Å². The molecule has 0 bridgehead atoms. The first-order valence-corrected chi connectivity index (χ1v) is 10.3. The molecule has 1 fully saturated rings. The number of alkyl halides is 3. The van der Waals surface area contributed by atoms with E-state index < -0.39 is 22.5 Å². The molecule has 1 atom stereocenters. The second kappa shape index (κ2) is 8.81. The maximum atomic E-state index is 12.8. The van der Waals surface area contributed by atoms with E-state index in [4.69, 9.17) is 4.42 Å². The number of halogens is 3. The van der Waals surface area contributed by atoms with Crippen LogP contribution in [0.3, 0.4) is 0 Å². The van der Waals surface area contributed by atoms with Gasteiger partial charge in [0.1, 0.15) is 5.75 Å². The molecule has 0 aliphatic carbocycles. The van der Waals surface area contributed by atoms with Crippen molar-refractivity contribution in [2.75, 3.05) is 31.9 Å². The molecule has 0 unspecified atom stereocenters. The first-order chi connectivity index (χ1) is 13.7. The Hall–Kier alpha value is -2.62. The number of carbonyl (C=O) groups is 2. The second-order valence-electron chi connectivity index (χ2n) is 6.58. The van der Waals surface area contributed by atoms with Gasteiger partial charge in [-0.3, -0.25) is 13.8 Å². The van der Waals surface area contributed by atoms with Crippen LogP contribution >= 0.6 is 0 Å². The van der Waals surface area contributed by atoms with Crippen LogP contribution < -0.4 is 0 Å². The van der Waals surface area contributed by atoms with E-state index >= 15 is 0 Å². The van der Waals surface area contributed by atoms with E-state index in [1.54, 1.807) is 17.0 Å². The van der Waals surface area contributed by atoms with Gasteiger partial charge < -0.3 is 14.2 Å². The Kier molecular flexibility index (Phi) is 6.41. The zero-order valence-corrected chi connectivity index (χ0v) is 16.2. The van der Waals surface area contributed by atoms with Gasteiger partial charge in [0, 0.05) is 42.7 Å². The molecule has 2 amide bonds. The maximum Gasteiger partial charge on any atom is 0.416 e. The summed E-state index contributed by atoms with van der Waals surface area (Å²) in [6.45, 7) is 1.25. The average molecular weight is 428 g/mol. The van der Waals surface area contributed by atoms with Crippen molar-refractivity contribution in [3.63, 3.8) is 0 Å². The molecule has 29 heavy (non-hydrogen) atoms. The molecule has 0 saturated carbocycles. The number of carbonyl (C=O) groups excluding carboxylic acids is 2. The highest BCUT2D eigenvalue weighted by Crippen LogP contribution is 2.29. The summed E-state index contributed by atoms with van der Waals surface area (Å²) in [6, 6.07) is 7.79. The largest absolute Gasteiger partial charge is 0.459 e. The lowest BCUT2D eigenvalue weighted by atomic mass is 10.1. The average Bonchev–Trinajstić information content (AvgIpc) is 3.22. The normalized spacial score (nSPS) is 16.0. The topological polar surface area (TPSA) is 70.8 Å². The zero-order valence-electron chi connectivity index (χ0n) is 15.4. The van der Waals surface area contributed by atoms with E-state index in [0.717, 1.165) is 12.1 Å². The van der Waals surface area contributed by atoms with Gasteiger partial charge in [-0.25, -0.2) is 0 Å². The zero-order chi connectivity index (χ0) is 21.0. The molecule has 6 nitrogen and oxygen atoms in total. The summed E-state index contributed by atoms with van der Waals surface area (Å²) in [5, 5.41) is 0. The Morgan fingerprint density at radius 1 is 1.03 bits per heavy atom. The van der Waals surface area contributed by atoms with Crippen LogP contribution in [-0.4, -0.2) is 57.8 Å². The van der Waals surface area contributed by atoms with Gasteiger partial charge in [-0.1, -0.05) is 18.2 Å². The van der Waals surface area contributed by atoms with Crippen molar-refractivity contribution in [3.05, 3.63) is 59.5 Å². The number of piperazine rings is 1. The molecule has 156 valence electrons. The summed E-state index contributed by atoms with van der Waals surface area (Å²) in [4.78, 5) is 27.7. The Morgan fingerprint density at radius 3 is 2.34 bits per heavy atom. The van der Waals surface area contributed by atoms with Crippen LogP contribution in [0, 0.1) is 0 Å². The number of rotatable bonds is 5. The molecular weight excluding hydrogens is 409 g/mol. The molecule has 3 rings (SSSR count). The number of benzene rings is 1. The van der Waals surface area contributed by atoms with Crippen molar-refractivity contribution in [2.45, 2.75) is 11.9 Å². The highest BCUT2D eigenvalue weighted by molar-refractivity contribution is 7.84. The molecule has 1 aliphatic rings. The Balaban J connectivity index is 1.50. The Labute approximate surface area is 167 Å². The third kappa shape index (κ3) is 5.47. The molecule has 1 saturated heterocycles. The highest BCUT2D eigenvalue weighted by atomic mass is 32.2. The summed E-state index contributed by atoms with van der Waals surface area (Å²) < 4.78 is 55.6. The number of nitrogens with zero attached hydrogens (tertiary/aromatic N) is 2. The van der Waals surface area contributed by atoms with Crippen molar-refractivity contribution in [2.24, 2.45) is 0 Å². The molecule has 0 spiro atoms. The maximum absolute atomic E-state index is 12.8. The number of furan rings is 1. The molecule has 1 aromatic heterocycles. The van der Waals surface area contributed by atoms with Crippen LogP contribution in [0.5, 0.6) is 0 Å². The predicted octanol–water partition coefficient (Wildman–Crippen LogP) is 2.53. The van der Waals surface area contributed by atoms with Crippen LogP contribution in [0.1, 0.15) is 21.7 Å². The minimum Gasteiger partial charge on any atom is -0.459 e. The van der Waals surface area contributed by atoms with Crippen LogP contribution in [0.4, 0.5) is 13.2 Å². The highest BCUT2D eigenvalue weighted by Gasteiger charge is 2.31. The SMILES string of the molecule is O=C(C[S@](=O)Cc1cccc(C(F)(F)F)c1)N1CCN(C(=O)c2ccco2)CC1. The lowest BCUT2D eigenvalue weighted by Crippen LogP contribution is -2.51. The molecule has 1 aliphatic heterocycles. The predicted molar refractivity (Wildman–Crippen MR) is 99.3 cm³/mol. The van der Waals surface area contributed by atoms with E-state index in [2.05, 4.69) is 0 Å². The third-order valence-electron chi connectivity index (χ3n) is 4.52. The lowest BCUT2D eigenvalue weighted by molar-refractivity contribution is -0.137. The minimum atomic E-state index is -4.47. The second-order valence-corrected chi connectivity index (χ2v) is 8.03. The van der Waals surface area contributed by atoms with E-state index in [1.165, 1.54) is 23.3 Å². The molecular formula is C19H19F3N2O4S. The molecule has 2 heterocycles. The van der Waals surface area contributed by atoms with Gasteiger partial charge in [-0.15, -0.1) is 0 Å². The van der Waals surface area contributed by atoms with Crippen LogP contribution in [0.25, 0.3) is 0 Å². The fraction of sp³-hybridized carbons (Fsp3) is 0.368. The van der Waals surface area contributed by atoms with Crippen molar-refractivity contribution >= 4 is 22.6 Å². The van der Waals surface area contributed by atoms with Crippen molar-refractivity contribution in [1.82, 2.24) is 9.80 Å². The van der Waals surface area contributed by atoms with Crippen molar-refractivity contribution in [3.8, 4) is 0 Å². The summed E-state index contributed by atoms with van der Waals surface area (Å²) in [6.07, 6.45) is -3.06. The first-order valence-electron chi connectivity index (χ1n) is 8.85. The standard InChI is InChI=1S/C19H19F3N2O4S/c20-19(21,22)15-4-1-3-14(11-15)12-29(27)13-17(25)23-6-8-24(9-7-23)18(26)16-5-2-10-28-16/h1-5,10-11H,6-9,12-13H2/t29-/m1/s1. The van der Waals surface area contributed by atoms with E-state index in [1.807, 2.05) is 0 Å².